The summed E-state index contributed by atoms with van der Waals surface area (Å²) in [5.41, 5.74) is 0.369. The molecular formula is C18H19FN2O3S. The summed E-state index contributed by atoms with van der Waals surface area (Å²) in [6.45, 7) is 0.513. The summed E-state index contributed by atoms with van der Waals surface area (Å²) in [6, 6.07) is 13.8. The van der Waals surface area contributed by atoms with E-state index >= 15 is 0 Å². The molecule has 25 heavy (non-hydrogen) atoms. The number of carbonyl (C=O) groups is 1. The molecule has 0 spiro atoms. The fourth-order valence-corrected chi connectivity index (χ4v) is 4.47. The molecule has 1 heterocycles. The molecule has 0 bridgehead atoms. The smallest absolute Gasteiger partial charge is 0.243 e. The molecule has 0 aliphatic carbocycles. The maximum absolute atomic E-state index is 13.2. The molecule has 1 amide bonds. The van der Waals surface area contributed by atoms with Crippen LogP contribution in [0.15, 0.2) is 59.5 Å². The van der Waals surface area contributed by atoms with Crippen LogP contribution in [0.3, 0.4) is 0 Å². The van der Waals surface area contributed by atoms with E-state index in [2.05, 4.69) is 5.32 Å². The number of amides is 1. The standard InChI is InChI=1S/C18H19FN2O3S/c19-15-7-4-8-16(12-15)20-18(22)14-6-5-11-21(13-14)25(23,24)17-9-2-1-3-10-17/h1-4,7-10,12,14H,5-6,11,13H2,(H,20,22). The first kappa shape index (κ1) is 17.6. The van der Waals surface area contributed by atoms with Crippen molar-refractivity contribution in [2.45, 2.75) is 17.7 Å². The van der Waals surface area contributed by atoms with Crippen molar-refractivity contribution in [2.75, 3.05) is 18.4 Å². The molecule has 0 aromatic heterocycles. The van der Waals surface area contributed by atoms with Gasteiger partial charge in [0.15, 0.2) is 0 Å². The Morgan fingerprint density at radius 1 is 1.12 bits per heavy atom. The predicted octanol–water partition coefficient (Wildman–Crippen LogP) is 2.87. The molecule has 0 radical (unpaired) electrons. The summed E-state index contributed by atoms with van der Waals surface area (Å²) < 4.78 is 40.0. The van der Waals surface area contributed by atoms with E-state index in [4.69, 9.17) is 0 Å². The van der Waals surface area contributed by atoms with Gasteiger partial charge in [-0.15, -0.1) is 0 Å². The molecule has 1 aliphatic rings. The lowest BCUT2D eigenvalue weighted by Gasteiger charge is -2.31. The number of benzene rings is 2. The van der Waals surface area contributed by atoms with Crippen molar-refractivity contribution in [3.63, 3.8) is 0 Å². The molecule has 1 unspecified atom stereocenters. The lowest BCUT2D eigenvalue weighted by Crippen LogP contribution is -2.43. The van der Waals surface area contributed by atoms with Gasteiger partial charge in [-0.25, -0.2) is 12.8 Å². The van der Waals surface area contributed by atoms with Crippen molar-refractivity contribution >= 4 is 21.6 Å². The van der Waals surface area contributed by atoms with Gasteiger partial charge in [-0.1, -0.05) is 24.3 Å². The number of hydrogen-bond donors (Lipinski definition) is 1. The molecule has 1 N–H and O–H groups in total. The highest BCUT2D eigenvalue weighted by Crippen LogP contribution is 2.24. The van der Waals surface area contributed by atoms with Gasteiger partial charge in [-0.3, -0.25) is 4.79 Å². The van der Waals surface area contributed by atoms with Gasteiger partial charge in [0.1, 0.15) is 5.82 Å². The molecule has 1 saturated heterocycles. The van der Waals surface area contributed by atoms with E-state index in [1.54, 1.807) is 36.4 Å². The number of halogens is 1. The van der Waals surface area contributed by atoms with E-state index in [9.17, 15) is 17.6 Å². The lowest BCUT2D eigenvalue weighted by atomic mass is 9.99. The van der Waals surface area contributed by atoms with Crippen molar-refractivity contribution in [3.8, 4) is 0 Å². The van der Waals surface area contributed by atoms with Crippen molar-refractivity contribution < 1.29 is 17.6 Å². The van der Waals surface area contributed by atoms with Crippen molar-refractivity contribution in [1.82, 2.24) is 4.31 Å². The Bertz CT molecular complexity index is 856. The Balaban J connectivity index is 1.71. The fourth-order valence-electron chi connectivity index (χ4n) is 2.93. The second kappa shape index (κ2) is 7.33. The van der Waals surface area contributed by atoms with Crippen LogP contribution in [0.2, 0.25) is 0 Å². The maximum atomic E-state index is 13.2. The Hall–Kier alpha value is -2.25. The predicted molar refractivity (Wildman–Crippen MR) is 93.0 cm³/mol. The van der Waals surface area contributed by atoms with Crippen LogP contribution in [0.1, 0.15) is 12.8 Å². The average molecular weight is 362 g/mol. The molecule has 2 aromatic rings. The van der Waals surface area contributed by atoms with Gasteiger partial charge in [0.05, 0.1) is 10.8 Å². The van der Waals surface area contributed by atoms with Gasteiger partial charge < -0.3 is 5.32 Å². The second-order valence-corrected chi connectivity index (χ2v) is 7.95. The molecule has 2 aromatic carbocycles. The number of piperidine rings is 1. The van der Waals surface area contributed by atoms with Gasteiger partial charge in [-0.05, 0) is 43.2 Å². The third kappa shape index (κ3) is 4.05. The van der Waals surface area contributed by atoms with Crippen LogP contribution in [0.5, 0.6) is 0 Å². The number of carbonyl (C=O) groups excluding carboxylic acids is 1. The molecule has 1 fully saturated rings. The number of sulfonamides is 1. The Kier molecular flexibility index (Phi) is 5.15. The Morgan fingerprint density at radius 2 is 1.88 bits per heavy atom. The monoisotopic (exact) mass is 362 g/mol. The first-order chi connectivity index (χ1) is 12.0. The van der Waals surface area contributed by atoms with E-state index in [-0.39, 0.29) is 17.3 Å². The second-order valence-electron chi connectivity index (χ2n) is 6.01. The highest BCUT2D eigenvalue weighted by molar-refractivity contribution is 7.89. The lowest BCUT2D eigenvalue weighted by molar-refractivity contribution is -0.120. The zero-order valence-electron chi connectivity index (χ0n) is 13.6. The minimum Gasteiger partial charge on any atom is -0.326 e. The average Bonchev–Trinajstić information content (AvgIpc) is 2.62. The van der Waals surface area contributed by atoms with Gasteiger partial charge in [0.25, 0.3) is 0 Å². The molecule has 1 atom stereocenters. The van der Waals surface area contributed by atoms with E-state index in [0.29, 0.717) is 25.1 Å². The minimum absolute atomic E-state index is 0.123. The number of nitrogens with zero attached hydrogens (tertiary/aromatic N) is 1. The number of anilines is 1. The third-order valence-corrected chi connectivity index (χ3v) is 6.11. The largest absolute Gasteiger partial charge is 0.326 e. The summed E-state index contributed by atoms with van der Waals surface area (Å²) in [4.78, 5) is 12.7. The number of nitrogens with one attached hydrogen (secondary N) is 1. The minimum atomic E-state index is -3.61. The van der Waals surface area contributed by atoms with Crippen LogP contribution in [-0.4, -0.2) is 31.7 Å². The van der Waals surface area contributed by atoms with Gasteiger partial charge in [-0.2, -0.15) is 4.31 Å². The first-order valence-corrected chi connectivity index (χ1v) is 9.52. The molecule has 132 valence electrons. The summed E-state index contributed by atoms with van der Waals surface area (Å²) in [7, 11) is -3.61. The van der Waals surface area contributed by atoms with Gasteiger partial charge in [0, 0.05) is 18.8 Å². The van der Waals surface area contributed by atoms with Crippen molar-refractivity contribution in [3.05, 3.63) is 60.4 Å². The van der Waals surface area contributed by atoms with E-state index in [1.165, 1.54) is 22.5 Å². The molecule has 0 saturated carbocycles. The molecule has 1 aliphatic heterocycles. The first-order valence-electron chi connectivity index (χ1n) is 8.08. The maximum Gasteiger partial charge on any atom is 0.243 e. The normalized spacial score (nSPS) is 18.7. The molecular weight excluding hydrogens is 343 g/mol. The Labute approximate surface area is 146 Å². The molecule has 5 nitrogen and oxygen atoms in total. The zero-order valence-corrected chi connectivity index (χ0v) is 14.4. The van der Waals surface area contributed by atoms with Gasteiger partial charge >= 0.3 is 0 Å². The van der Waals surface area contributed by atoms with E-state index < -0.39 is 21.8 Å². The van der Waals surface area contributed by atoms with Crippen LogP contribution in [0.25, 0.3) is 0 Å². The van der Waals surface area contributed by atoms with Crippen molar-refractivity contribution in [1.29, 1.82) is 0 Å². The van der Waals surface area contributed by atoms with Crippen LogP contribution in [-0.2, 0) is 14.8 Å². The van der Waals surface area contributed by atoms with Crippen LogP contribution < -0.4 is 5.32 Å². The van der Waals surface area contributed by atoms with Crippen molar-refractivity contribution in [2.24, 2.45) is 5.92 Å². The highest BCUT2D eigenvalue weighted by atomic mass is 32.2. The highest BCUT2D eigenvalue weighted by Gasteiger charge is 2.33. The summed E-state index contributed by atoms with van der Waals surface area (Å²) in [5, 5.41) is 2.66. The molecule has 7 heteroatoms. The third-order valence-electron chi connectivity index (χ3n) is 4.23. The SMILES string of the molecule is O=C(Nc1cccc(F)c1)C1CCCN(S(=O)(=O)c2ccccc2)C1. The van der Waals surface area contributed by atoms with E-state index in [1.807, 2.05) is 0 Å². The van der Waals surface area contributed by atoms with E-state index in [0.717, 1.165) is 0 Å². The quantitative estimate of drug-likeness (QED) is 0.909. The van der Waals surface area contributed by atoms with Crippen LogP contribution in [0.4, 0.5) is 10.1 Å². The van der Waals surface area contributed by atoms with Gasteiger partial charge in [0.2, 0.25) is 15.9 Å². The number of rotatable bonds is 4. The molecule has 3 rings (SSSR count). The summed E-state index contributed by atoms with van der Waals surface area (Å²) >= 11 is 0. The summed E-state index contributed by atoms with van der Waals surface area (Å²) in [5.74, 6) is -1.19. The zero-order chi connectivity index (χ0) is 17.9. The fraction of sp³-hybridized carbons (Fsp3) is 0.278. The van der Waals surface area contributed by atoms with Crippen LogP contribution in [0, 0.1) is 11.7 Å². The Morgan fingerprint density at radius 3 is 2.60 bits per heavy atom. The topological polar surface area (TPSA) is 66.5 Å². The summed E-state index contributed by atoms with van der Waals surface area (Å²) in [6.07, 6.45) is 1.20. The number of hydrogen-bond acceptors (Lipinski definition) is 3. The van der Waals surface area contributed by atoms with Crippen LogP contribution >= 0.6 is 0 Å².